The van der Waals surface area contributed by atoms with Crippen LogP contribution in [-0.2, 0) is 6.42 Å². The molecule has 0 saturated heterocycles. The number of hydrogen-bond donors (Lipinski definition) is 1. The van der Waals surface area contributed by atoms with Crippen molar-refractivity contribution >= 4 is 54.5 Å². The fourth-order valence-electron chi connectivity index (χ4n) is 1.39. The highest BCUT2D eigenvalue weighted by Gasteiger charge is 2.15. The van der Waals surface area contributed by atoms with E-state index < -0.39 is 6.10 Å². The summed E-state index contributed by atoms with van der Waals surface area (Å²) in [7, 11) is 0. The Kier molecular flexibility index (Phi) is 4.24. The lowest BCUT2D eigenvalue weighted by atomic mass is 10.2. The second-order valence-corrected chi connectivity index (χ2v) is 7.46. The topological polar surface area (TPSA) is 20.2 Å². The van der Waals surface area contributed by atoms with Gasteiger partial charge in [-0.25, -0.2) is 0 Å². The Morgan fingerprint density at radius 2 is 2.12 bits per heavy atom. The van der Waals surface area contributed by atoms with E-state index in [0.717, 1.165) is 13.8 Å². The third kappa shape index (κ3) is 2.76. The summed E-state index contributed by atoms with van der Waals surface area (Å²) in [6.45, 7) is 2.05. The maximum atomic E-state index is 10.1. The van der Waals surface area contributed by atoms with Crippen LogP contribution in [0.2, 0.25) is 0 Å². The summed E-state index contributed by atoms with van der Waals surface area (Å²) >= 11 is 10.3. The van der Waals surface area contributed by atoms with E-state index in [2.05, 4.69) is 31.9 Å². The molecule has 86 valence electrons. The highest BCUT2D eigenvalue weighted by Crippen LogP contribution is 2.34. The normalized spacial score (nSPS) is 13.0. The second kappa shape index (κ2) is 5.31. The SMILES string of the molecule is Cc1sc(C(O)Cc2sccc2Br)cc1Br. The molecule has 0 aliphatic carbocycles. The van der Waals surface area contributed by atoms with Crippen molar-refractivity contribution in [1.29, 1.82) is 0 Å². The third-order valence-corrected chi connectivity index (χ3v) is 6.46. The molecule has 0 bridgehead atoms. The van der Waals surface area contributed by atoms with E-state index in [0.29, 0.717) is 6.42 Å². The highest BCUT2D eigenvalue weighted by atomic mass is 79.9. The molecule has 0 aliphatic heterocycles. The van der Waals surface area contributed by atoms with Crippen LogP contribution in [0.1, 0.15) is 20.7 Å². The first-order valence-electron chi connectivity index (χ1n) is 4.73. The zero-order valence-electron chi connectivity index (χ0n) is 8.54. The first-order chi connectivity index (χ1) is 7.58. The molecule has 1 unspecified atom stereocenters. The van der Waals surface area contributed by atoms with Crippen LogP contribution in [0, 0.1) is 6.92 Å². The molecule has 2 heterocycles. The maximum Gasteiger partial charge on any atom is 0.0930 e. The number of aryl methyl sites for hydroxylation is 1. The molecule has 1 atom stereocenters. The first kappa shape index (κ1) is 12.8. The monoisotopic (exact) mass is 380 g/mol. The van der Waals surface area contributed by atoms with E-state index in [9.17, 15) is 5.11 Å². The van der Waals surface area contributed by atoms with Crippen LogP contribution in [-0.4, -0.2) is 5.11 Å². The van der Waals surface area contributed by atoms with E-state index >= 15 is 0 Å². The molecular weight excluding hydrogens is 372 g/mol. The number of hydrogen-bond acceptors (Lipinski definition) is 3. The van der Waals surface area contributed by atoms with Gasteiger partial charge in [-0.3, -0.25) is 0 Å². The van der Waals surface area contributed by atoms with Gasteiger partial charge in [0.1, 0.15) is 0 Å². The molecule has 0 aromatic carbocycles. The molecule has 16 heavy (non-hydrogen) atoms. The van der Waals surface area contributed by atoms with Crippen molar-refractivity contribution in [2.75, 3.05) is 0 Å². The van der Waals surface area contributed by atoms with Gasteiger partial charge < -0.3 is 5.11 Å². The molecule has 2 rings (SSSR count). The van der Waals surface area contributed by atoms with Crippen LogP contribution in [0.25, 0.3) is 0 Å². The number of aliphatic hydroxyl groups is 1. The van der Waals surface area contributed by atoms with Crippen molar-refractivity contribution in [3.05, 3.63) is 41.1 Å². The zero-order chi connectivity index (χ0) is 11.7. The van der Waals surface area contributed by atoms with Crippen molar-refractivity contribution < 1.29 is 5.11 Å². The molecule has 0 fully saturated rings. The lowest BCUT2D eigenvalue weighted by molar-refractivity contribution is 0.183. The molecule has 0 spiro atoms. The van der Waals surface area contributed by atoms with E-state index in [1.165, 1.54) is 9.75 Å². The van der Waals surface area contributed by atoms with E-state index in [4.69, 9.17) is 0 Å². The summed E-state index contributed by atoms with van der Waals surface area (Å²) in [4.78, 5) is 3.42. The fraction of sp³-hybridized carbons (Fsp3) is 0.273. The summed E-state index contributed by atoms with van der Waals surface area (Å²) in [5, 5.41) is 12.2. The quantitative estimate of drug-likeness (QED) is 0.799. The minimum absolute atomic E-state index is 0.412. The Labute approximate surface area is 119 Å². The standard InChI is InChI=1S/C11H10Br2OS2/c1-6-8(13)4-11(16-6)9(14)5-10-7(12)2-3-15-10/h2-4,9,14H,5H2,1H3. The van der Waals surface area contributed by atoms with Crippen LogP contribution >= 0.6 is 54.5 Å². The van der Waals surface area contributed by atoms with Crippen molar-refractivity contribution in [2.24, 2.45) is 0 Å². The maximum absolute atomic E-state index is 10.1. The van der Waals surface area contributed by atoms with E-state index in [1.807, 2.05) is 24.4 Å². The van der Waals surface area contributed by atoms with E-state index in [-0.39, 0.29) is 0 Å². The molecule has 0 amide bonds. The predicted octanol–water partition coefficient (Wildman–Crippen LogP) is 4.92. The van der Waals surface area contributed by atoms with Crippen LogP contribution < -0.4 is 0 Å². The molecule has 0 aliphatic rings. The zero-order valence-corrected chi connectivity index (χ0v) is 13.3. The summed E-state index contributed by atoms with van der Waals surface area (Å²) in [6.07, 6.45) is 0.259. The Morgan fingerprint density at radius 3 is 2.62 bits per heavy atom. The summed E-state index contributed by atoms with van der Waals surface area (Å²) in [6, 6.07) is 4.02. The van der Waals surface area contributed by atoms with Crippen LogP contribution in [0.15, 0.2) is 26.5 Å². The first-order valence-corrected chi connectivity index (χ1v) is 8.02. The fourth-order valence-corrected chi connectivity index (χ4v) is 4.49. The highest BCUT2D eigenvalue weighted by molar-refractivity contribution is 9.10. The van der Waals surface area contributed by atoms with Gasteiger partial charge in [-0.15, -0.1) is 22.7 Å². The Balaban J connectivity index is 2.14. The molecule has 0 radical (unpaired) electrons. The summed E-state index contributed by atoms with van der Waals surface area (Å²) < 4.78 is 2.17. The van der Waals surface area contributed by atoms with Crippen LogP contribution in [0.5, 0.6) is 0 Å². The number of rotatable bonds is 3. The Bertz CT molecular complexity index is 470. The molecule has 2 aromatic rings. The van der Waals surface area contributed by atoms with Gasteiger partial charge in [0.05, 0.1) is 6.10 Å². The van der Waals surface area contributed by atoms with Crippen molar-refractivity contribution in [3.8, 4) is 0 Å². The average molecular weight is 382 g/mol. The number of aliphatic hydroxyl groups excluding tert-OH is 1. The van der Waals surface area contributed by atoms with Gasteiger partial charge in [0.2, 0.25) is 0 Å². The Morgan fingerprint density at radius 1 is 1.38 bits per heavy atom. The molecule has 2 aromatic heterocycles. The molecule has 5 heteroatoms. The lowest BCUT2D eigenvalue weighted by Gasteiger charge is -2.06. The number of thiophene rings is 2. The number of halogens is 2. The molecule has 0 saturated carbocycles. The molecular formula is C11H10Br2OS2. The van der Waals surface area contributed by atoms with Gasteiger partial charge in [-0.05, 0) is 56.3 Å². The summed E-state index contributed by atoms with van der Waals surface area (Å²) in [5.74, 6) is 0. The minimum Gasteiger partial charge on any atom is -0.387 e. The van der Waals surface area contributed by atoms with E-state index in [1.54, 1.807) is 22.7 Å². The predicted molar refractivity (Wildman–Crippen MR) is 77.4 cm³/mol. The molecule has 1 nitrogen and oxygen atoms in total. The smallest absolute Gasteiger partial charge is 0.0930 e. The van der Waals surface area contributed by atoms with Gasteiger partial charge in [-0.2, -0.15) is 0 Å². The third-order valence-electron chi connectivity index (χ3n) is 2.27. The van der Waals surface area contributed by atoms with Gasteiger partial charge in [0, 0.05) is 30.0 Å². The van der Waals surface area contributed by atoms with Crippen molar-refractivity contribution in [3.63, 3.8) is 0 Å². The Hall–Kier alpha value is 0.320. The lowest BCUT2D eigenvalue weighted by Crippen LogP contribution is -1.98. The van der Waals surface area contributed by atoms with Crippen LogP contribution in [0.3, 0.4) is 0 Å². The van der Waals surface area contributed by atoms with Crippen molar-refractivity contribution in [1.82, 2.24) is 0 Å². The molecule has 1 N–H and O–H groups in total. The average Bonchev–Trinajstić information content (AvgIpc) is 2.76. The van der Waals surface area contributed by atoms with Gasteiger partial charge in [0.15, 0.2) is 0 Å². The van der Waals surface area contributed by atoms with Gasteiger partial charge in [0.25, 0.3) is 0 Å². The second-order valence-electron chi connectivity index (χ2n) is 3.46. The minimum atomic E-state index is -0.412. The van der Waals surface area contributed by atoms with Gasteiger partial charge >= 0.3 is 0 Å². The van der Waals surface area contributed by atoms with Crippen molar-refractivity contribution in [2.45, 2.75) is 19.4 Å². The van der Waals surface area contributed by atoms with Crippen LogP contribution in [0.4, 0.5) is 0 Å². The summed E-state index contributed by atoms with van der Waals surface area (Å²) in [5.41, 5.74) is 0. The largest absolute Gasteiger partial charge is 0.387 e. The van der Waals surface area contributed by atoms with Gasteiger partial charge in [-0.1, -0.05) is 0 Å².